The zero-order valence-corrected chi connectivity index (χ0v) is 14.1. The fourth-order valence-electron chi connectivity index (χ4n) is 3.08. The minimum Gasteiger partial charge on any atom is -0.296 e. The van der Waals surface area contributed by atoms with Crippen molar-refractivity contribution in [3.05, 3.63) is 33.8 Å². The summed E-state index contributed by atoms with van der Waals surface area (Å²) in [6, 6.07) is 5.08. The van der Waals surface area contributed by atoms with Gasteiger partial charge in [-0.1, -0.05) is 43.0 Å². The van der Waals surface area contributed by atoms with Gasteiger partial charge in [0.2, 0.25) is 0 Å². The summed E-state index contributed by atoms with van der Waals surface area (Å²) >= 11 is 12.0. The monoisotopic (exact) mass is 327 g/mol. The Morgan fingerprint density at radius 2 is 2.10 bits per heavy atom. The van der Waals surface area contributed by atoms with Crippen molar-refractivity contribution in [2.75, 3.05) is 19.6 Å². The number of carbonyl (C=O) groups is 1. The second kappa shape index (κ2) is 8.17. The first kappa shape index (κ1) is 16.8. The molecule has 0 aromatic heterocycles. The third kappa shape index (κ3) is 4.98. The summed E-state index contributed by atoms with van der Waals surface area (Å²) in [5, 5.41) is 1.01. The van der Waals surface area contributed by atoms with E-state index in [2.05, 4.69) is 11.8 Å². The average Bonchev–Trinajstić information content (AvgIpc) is 2.65. The Bertz CT molecular complexity index is 490. The van der Waals surface area contributed by atoms with E-state index in [-0.39, 0.29) is 5.78 Å². The number of likely N-dealkylation sites (tertiary alicyclic amines) is 1. The highest BCUT2D eigenvalue weighted by atomic mass is 35.5. The third-order valence-corrected chi connectivity index (χ3v) is 4.78. The van der Waals surface area contributed by atoms with Crippen LogP contribution < -0.4 is 0 Å². The van der Waals surface area contributed by atoms with Crippen LogP contribution >= 0.6 is 23.2 Å². The molecule has 0 saturated carbocycles. The molecule has 116 valence electrons. The number of benzene rings is 1. The Hall–Kier alpha value is -0.570. The molecule has 0 amide bonds. The minimum atomic E-state index is 0.0885. The van der Waals surface area contributed by atoms with Gasteiger partial charge in [0.1, 0.15) is 0 Å². The number of halogens is 2. The zero-order valence-electron chi connectivity index (χ0n) is 12.6. The summed E-state index contributed by atoms with van der Waals surface area (Å²) in [5.41, 5.74) is 0.579. The van der Waals surface area contributed by atoms with Crippen LogP contribution in [0.2, 0.25) is 10.0 Å². The molecule has 1 aromatic carbocycles. The number of carbonyl (C=O) groups excluding carboxylic acids is 1. The van der Waals surface area contributed by atoms with Crippen molar-refractivity contribution in [2.24, 2.45) is 5.92 Å². The smallest absolute Gasteiger partial charge is 0.178 e. The van der Waals surface area contributed by atoms with Crippen LogP contribution in [0.1, 0.15) is 49.4 Å². The van der Waals surface area contributed by atoms with E-state index >= 15 is 0 Å². The molecule has 21 heavy (non-hydrogen) atoms. The molecular formula is C17H23Cl2NO. The topological polar surface area (TPSA) is 20.3 Å². The number of hydrogen-bond donors (Lipinski definition) is 0. The minimum absolute atomic E-state index is 0.0885. The van der Waals surface area contributed by atoms with Crippen LogP contribution in [0.3, 0.4) is 0 Å². The second-order valence-electron chi connectivity index (χ2n) is 5.91. The van der Waals surface area contributed by atoms with E-state index in [4.69, 9.17) is 23.2 Å². The fraction of sp³-hybridized carbons (Fsp3) is 0.588. The Balaban J connectivity index is 1.93. The molecule has 1 fully saturated rings. The lowest BCUT2D eigenvalue weighted by Crippen LogP contribution is -2.31. The second-order valence-corrected chi connectivity index (χ2v) is 6.75. The molecule has 0 radical (unpaired) electrons. The van der Waals surface area contributed by atoms with Crippen molar-refractivity contribution in [1.29, 1.82) is 0 Å². The number of ketones is 1. The van der Waals surface area contributed by atoms with E-state index in [0.29, 0.717) is 22.2 Å². The Kier molecular flexibility index (Phi) is 6.53. The van der Waals surface area contributed by atoms with E-state index in [0.717, 1.165) is 19.0 Å². The van der Waals surface area contributed by atoms with Gasteiger partial charge in [0, 0.05) is 10.6 Å². The largest absolute Gasteiger partial charge is 0.296 e. The molecule has 1 heterocycles. The van der Waals surface area contributed by atoms with Gasteiger partial charge in [0.15, 0.2) is 5.78 Å². The molecule has 2 nitrogen and oxygen atoms in total. The highest BCUT2D eigenvalue weighted by molar-refractivity contribution is 6.36. The van der Waals surface area contributed by atoms with Crippen LogP contribution in [0, 0.1) is 5.92 Å². The quantitative estimate of drug-likeness (QED) is 0.703. The molecule has 2 rings (SSSR count). The SMILES string of the molecule is CCCC1CCCN(CC(=O)c2ccc(Cl)cc2Cl)CC1. The lowest BCUT2D eigenvalue weighted by Gasteiger charge is -2.19. The van der Waals surface area contributed by atoms with Gasteiger partial charge in [-0.15, -0.1) is 0 Å². The highest BCUT2D eigenvalue weighted by Gasteiger charge is 2.20. The van der Waals surface area contributed by atoms with Crippen molar-refractivity contribution in [3.63, 3.8) is 0 Å². The Morgan fingerprint density at radius 1 is 1.29 bits per heavy atom. The van der Waals surface area contributed by atoms with Crippen molar-refractivity contribution in [1.82, 2.24) is 4.90 Å². The van der Waals surface area contributed by atoms with Gasteiger partial charge in [0.05, 0.1) is 11.6 Å². The van der Waals surface area contributed by atoms with E-state index in [1.165, 1.54) is 32.1 Å². The van der Waals surface area contributed by atoms with Crippen molar-refractivity contribution in [3.8, 4) is 0 Å². The summed E-state index contributed by atoms with van der Waals surface area (Å²) in [5.74, 6) is 0.917. The van der Waals surface area contributed by atoms with Crippen molar-refractivity contribution in [2.45, 2.75) is 39.0 Å². The normalized spacial score (nSPS) is 20.2. The fourth-order valence-corrected chi connectivity index (χ4v) is 3.60. The van der Waals surface area contributed by atoms with Gasteiger partial charge in [-0.3, -0.25) is 9.69 Å². The molecule has 1 unspecified atom stereocenters. The predicted octanol–water partition coefficient (Wildman–Crippen LogP) is 5.08. The molecule has 1 aliphatic rings. The average molecular weight is 328 g/mol. The maximum Gasteiger partial charge on any atom is 0.178 e. The van der Waals surface area contributed by atoms with E-state index in [1.807, 2.05) is 0 Å². The van der Waals surface area contributed by atoms with Crippen molar-refractivity contribution < 1.29 is 4.79 Å². The molecule has 1 atom stereocenters. The van der Waals surface area contributed by atoms with Gasteiger partial charge in [0.25, 0.3) is 0 Å². The Morgan fingerprint density at radius 3 is 2.81 bits per heavy atom. The first-order valence-electron chi connectivity index (χ1n) is 7.80. The van der Waals surface area contributed by atoms with Gasteiger partial charge < -0.3 is 0 Å². The number of hydrogen-bond acceptors (Lipinski definition) is 2. The van der Waals surface area contributed by atoms with Crippen LogP contribution in [0.25, 0.3) is 0 Å². The van der Waals surface area contributed by atoms with Crippen LogP contribution in [0.5, 0.6) is 0 Å². The van der Waals surface area contributed by atoms with Gasteiger partial charge in [-0.2, -0.15) is 0 Å². The highest BCUT2D eigenvalue weighted by Crippen LogP contribution is 2.24. The molecular weight excluding hydrogens is 305 g/mol. The molecule has 1 saturated heterocycles. The molecule has 4 heteroatoms. The summed E-state index contributed by atoms with van der Waals surface area (Å²) in [6.45, 7) is 4.73. The molecule has 0 bridgehead atoms. The first-order chi connectivity index (χ1) is 10.1. The van der Waals surface area contributed by atoms with E-state index in [9.17, 15) is 4.79 Å². The molecule has 0 N–H and O–H groups in total. The summed E-state index contributed by atoms with van der Waals surface area (Å²) < 4.78 is 0. The maximum atomic E-state index is 12.4. The number of nitrogens with zero attached hydrogens (tertiary/aromatic N) is 1. The van der Waals surface area contributed by atoms with Crippen molar-refractivity contribution >= 4 is 29.0 Å². The lowest BCUT2D eigenvalue weighted by atomic mass is 9.96. The van der Waals surface area contributed by atoms with Crippen LogP contribution in [0.4, 0.5) is 0 Å². The van der Waals surface area contributed by atoms with Crippen LogP contribution in [-0.4, -0.2) is 30.3 Å². The summed E-state index contributed by atoms with van der Waals surface area (Å²) in [4.78, 5) is 14.7. The molecule has 1 aromatic rings. The summed E-state index contributed by atoms with van der Waals surface area (Å²) in [7, 11) is 0. The molecule has 1 aliphatic heterocycles. The first-order valence-corrected chi connectivity index (χ1v) is 8.56. The van der Waals surface area contributed by atoms with Gasteiger partial charge >= 0.3 is 0 Å². The van der Waals surface area contributed by atoms with Gasteiger partial charge in [-0.25, -0.2) is 0 Å². The summed E-state index contributed by atoms with van der Waals surface area (Å²) in [6.07, 6.45) is 6.25. The molecule has 0 spiro atoms. The van der Waals surface area contributed by atoms with Gasteiger partial charge in [-0.05, 0) is 56.5 Å². The van der Waals surface area contributed by atoms with Crippen LogP contribution in [0.15, 0.2) is 18.2 Å². The zero-order chi connectivity index (χ0) is 15.2. The predicted molar refractivity (Wildman–Crippen MR) is 89.5 cm³/mol. The third-order valence-electron chi connectivity index (χ3n) is 4.24. The number of rotatable bonds is 5. The van der Waals surface area contributed by atoms with Crippen LogP contribution in [-0.2, 0) is 0 Å². The number of Topliss-reactive ketones (excluding diaryl/α,β-unsaturated/α-hetero) is 1. The van der Waals surface area contributed by atoms with E-state index < -0.39 is 0 Å². The maximum absolute atomic E-state index is 12.4. The standard InChI is InChI=1S/C17H23Cl2NO/c1-2-4-13-5-3-9-20(10-8-13)12-17(21)15-7-6-14(18)11-16(15)19/h6-7,11,13H,2-5,8-10,12H2,1H3. The van der Waals surface area contributed by atoms with E-state index in [1.54, 1.807) is 18.2 Å². The lowest BCUT2D eigenvalue weighted by molar-refractivity contribution is 0.0932. The Labute approximate surface area is 137 Å². The molecule has 0 aliphatic carbocycles.